The molecule has 4 aromatic heterocycles. The van der Waals surface area contributed by atoms with Crippen molar-refractivity contribution in [3.63, 3.8) is 0 Å². The number of carbonyl (C=O) groups excluding carboxylic acids is 2. The largest absolute Gasteiger partial charge is 0.293 e. The van der Waals surface area contributed by atoms with E-state index in [9.17, 15) is 9.59 Å². The minimum atomic E-state index is -0.0195. The van der Waals surface area contributed by atoms with E-state index in [0.717, 1.165) is 89.2 Å². The lowest BCUT2D eigenvalue weighted by molar-refractivity contribution is -0.122. The zero-order valence-electron chi connectivity index (χ0n) is 35.9. The van der Waals surface area contributed by atoms with Gasteiger partial charge in [0.1, 0.15) is 30.7 Å². The van der Waals surface area contributed by atoms with E-state index in [2.05, 4.69) is 64.1 Å². The van der Waals surface area contributed by atoms with E-state index in [1.807, 2.05) is 13.8 Å². The number of unbranched alkanes of at least 4 members (excludes halogenated alkanes) is 2. The molecule has 2 saturated heterocycles. The molecular formula is C46H50N6O2S8. The molecule has 2 fully saturated rings. The summed E-state index contributed by atoms with van der Waals surface area (Å²) in [6.07, 6.45) is 15.3. The first-order valence-corrected chi connectivity index (χ1v) is 27.3. The maximum Gasteiger partial charge on any atom is 0.266 e. The van der Waals surface area contributed by atoms with Crippen molar-refractivity contribution in [1.82, 2.24) is 27.3 Å². The van der Waals surface area contributed by atoms with E-state index >= 15 is 0 Å². The average molecular weight is 975 g/mol. The molecule has 8 rings (SSSR count). The van der Waals surface area contributed by atoms with E-state index in [0.29, 0.717) is 43.4 Å². The minimum absolute atomic E-state index is 0.0195. The summed E-state index contributed by atoms with van der Waals surface area (Å²) in [7, 11) is 0. The smallest absolute Gasteiger partial charge is 0.266 e. The van der Waals surface area contributed by atoms with Crippen LogP contribution in [0.25, 0.3) is 65.9 Å². The van der Waals surface area contributed by atoms with Crippen molar-refractivity contribution in [2.24, 2.45) is 11.8 Å². The zero-order valence-corrected chi connectivity index (χ0v) is 42.4. The second-order valence-electron chi connectivity index (χ2n) is 16.0. The van der Waals surface area contributed by atoms with Crippen LogP contribution in [0.1, 0.15) is 114 Å². The van der Waals surface area contributed by atoms with Crippen molar-refractivity contribution >= 4 is 160 Å². The number of nitrogens with zero attached hydrogens (tertiary/aromatic N) is 6. The monoisotopic (exact) mass is 974 g/mol. The summed E-state index contributed by atoms with van der Waals surface area (Å²) in [5.41, 5.74) is 7.91. The van der Waals surface area contributed by atoms with E-state index in [4.69, 9.17) is 41.9 Å². The third-order valence-corrected chi connectivity index (χ3v) is 18.2. The fourth-order valence-electron chi connectivity index (χ4n) is 8.46. The van der Waals surface area contributed by atoms with Crippen LogP contribution >= 0.6 is 94.1 Å². The molecule has 2 aromatic carbocycles. The Labute approximate surface area is 399 Å². The van der Waals surface area contributed by atoms with Crippen LogP contribution in [0.2, 0.25) is 0 Å². The number of benzene rings is 2. The fraction of sp³-hybridized carbons (Fsp3) is 0.435. The normalized spacial score (nSPS) is 17.2. The van der Waals surface area contributed by atoms with Gasteiger partial charge in [-0.1, -0.05) is 127 Å². The summed E-state index contributed by atoms with van der Waals surface area (Å²) in [4.78, 5) is 36.0. The number of likely N-dealkylation sites (N-methyl/N-ethyl adjacent to an activating group) is 2. The summed E-state index contributed by atoms with van der Waals surface area (Å²) in [5.74, 6) is 1.05. The molecule has 2 aliphatic heterocycles. The molecule has 2 aliphatic rings. The highest BCUT2D eigenvalue weighted by Crippen LogP contribution is 2.47. The SMILES string of the molecule is CCCCC(CC)Cc1cc(-c2cc3cc(-c4cc(CC(CC)CCCC)c(/C=C5\SC(=S)N(CC)C5=O)s4)c4nsnc4c3c3nsnc23)sc1/C=C1\SC(=S)N(CC)C1=O. The third-order valence-electron chi connectivity index (χ3n) is 12.1. The first kappa shape index (κ1) is 45.6. The van der Waals surface area contributed by atoms with Crippen LogP contribution in [0, 0.1) is 11.8 Å². The van der Waals surface area contributed by atoms with Crippen LogP contribution in [0.4, 0.5) is 0 Å². The molecule has 0 spiro atoms. The molecule has 2 amide bonds. The van der Waals surface area contributed by atoms with Gasteiger partial charge in [0, 0.05) is 49.1 Å². The lowest BCUT2D eigenvalue weighted by Gasteiger charge is -2.14. The number of amides is 2. The maximum atomic E-state index is 13.5. The van der Waals surface area contributed by atoms with Gasteiger partial charge in [-0.25, -0.2) is 0 Å². The molecule has 0 radical (unpaired) electrons. The Morgan fingerprint density at radius 1 is 0.613 bits per heavy atom. The fourth-order valence-corrected chi connectivity index (χ4v) is 14.8. The van der Waals surface area contributed by atoms with Crippen molar-refractivity contribution in [3.8, 4) is 20.9 Å². The molecular weight excluding hydrogens is 925 g/mol. The van der Waals surface area contributed by atoms with E-state index < -0.39 is 0 Å². The Bertz CT molecular complexity index is 2580. The van der Waals surface area contributed by atoms with Crippen molar-refractivity contribution in [1.29, 1.82) is 0 Å². The van der Waals surface area contributed by atoms with Crippen LogP contribution in [-0.2, 0) is 22.4 Å². The Kier molecular flexibility index (Phi) is 14.7. The quantitative estimate of drug-likeness (QED) is 0.0612. The highest BCUT2D eigenvalue weighted by atomic mass is 32.2. The molecule has 324 valence electrons. The van der Waals surface area contributed by atoms with Gasteiger partial charge in [-0.05, 0) is 91.5 Å². The molecule has 2 atom stereocenters. The van der Waals surface area contributed by atoms with Gasteiger partial charge in [0.25, 0.3) is 11.8 Å². The van der Waals surface area contributed by atoms with Crippen LogP contribution in [0.15, 0.2) is 34.1 Å². The molecule has 62 heavy (non-hydrogen) atoms. The molecule has 8 nitrogen and oxygen atoms in total. The molecule has 16 heteroatoms. The Balaban J connectivity index is 1.28. The first-order chi connectivity index (χ1) is 30.1. The van der Waals surface area contributed by atoms with Crippen molar-refractivity contribution < 1.29 is 9.59 Å². The zero-order chi connectivity index (χ0) is 43.7. The van der Waals surface area contributed by atoms with Crippen LogP contribution in [0.3, 0.4) is 0 Å². The molecule has 6 aromatic rings. The first-order valence-electron chi connectivity index (χ1n) is 21.7. The summed E-state index contributed by atoms with van der Waals surface area (Å²) >= 11 is 19.9. The van der Waals surface area contributed by atoms with E-state index in [1.165, 1.54) is 96.6 Å². The minimum Gasteiger partial charge on any atom is -0.293 e. The highest BCUT2D eigenvalue weighted by molar-refractivity contribution is 8.27. The van der Waals surface area contributed by atoms with Crippen molar-refractivity contribution in [2.45, 2.75) is 106 Å². The Hall–Kier alpha value is -2.96. The molecule has 0 aliphatic carbocycles. The standard InChI is InChI=1S/C46H50N6O2S8/c1-7-13-15-25(9-3)17-27-21-34(57-32(27)23-36-43(53)51(11-5)45(55)59-36)30-19-29-20-31(40-42(50-62-48-40)38(29)41-39(30)47-61-49-41)35-22-28(18-26(10-4)16-14-8-2)33(58-35)24-37-44(54)52(12-6)46(56)60-37/h19-26H,7-18H2,1-6H3/b36-23-,37-24-. The van der Waals surface area contributed by atoms with Gasteiger partial charge in [0.2, 0.25) is 0 Å². The molecule has 0 N–H and O–H groups in total. The van der Waals surface area contributed by atoms with Gasteiger partial charge in [-0.15, -0.1) is 22.7 Å². The highest BCUT2D eigenvalue weighted by Gasteiger charge is 2.33. The summed E-state index contributed by atoms with van der Waals surface area (Å²) < 4.78 is 20.9. The van der Waals surface area contributed by atoms with Crippen LogP contribution in [0.5, 0.6) is 0 Å². The topological polar surface area (TPSA) is 92.2 Å². The van der Waals surface area contributed by atoms with Crippen LogP contribution in [-0.4, -0.2) is 60.8 Å². The molecule has 0 saturated carbocycles. The number of carbonyl (C=O) groups is 2. The molecule has 2 unspecified atom stereocenters. The van der Waals surface area contributed by atoms with Gasteiger partial charge in [-0.3, -0.25) is 19.4 Å². The predicted octanol–water partition coefficient (Wildman–Crippen LogP) is 14.3. The second-order valence-corrected chi connectivity index (χ2v) is 22.5. The third kappa shape index (κ3) is 9.01. The number of thiocarbonyl (C=S) groups is 2. The predicted molar refractivity (Wildman–Crippen MR) is 278 cm³/mol. The summed E-state index contributed by atoms with van der Waals surface area (Å²) in [6, 6.07) is 9.18. The maximum absolute atomic E-state index is 13.5. The number of thioether (sulfide) groups is 2. The molecule has 6 heterocycles. The summed E-state index contributed by atoms with van der Waals surface area (Å²) in [5, 5.41) is 1.99. The van der Waals surface area contributed by atoms with Gasteiger partial charge in [0.15, 0.2) is 0 Å². The lowest BCUT2D eigenvalue weighted by Crippen LogP contribution is -2.27. The van der Waals surface area contributed by atoms with Gasteiger partial charge in [-0.2, -0.15) is 17.5 Å². The number of hydrogen-bond acceptors (Lipinski definition) is 14. The number of hydrogen-bond donors (Lipinski definition) is 0. The summed E-state index contributed by atoms with van der Waals surface area (Å²) in [6.45, 7) is 14.1. The lowest BCUT2D eigenvalue weighted by atomic mass is 9.91. The number of rotatable bonds is 18. The Morgan fingerprint density at radius 3 is 1.40 bits per heavy atom. The van der Waals surface area contributed by atoms with Gasteiger partial charge < -0.3 is 0 Å². The average Bonchev–Trinajstić information content (AvgIpc) is 4.14. The molecule has 0 bridgehead atoms. The van der Waals surface area contributed by atoms with Gasteiger partial charge >= 0.3 is 0 Å². The van der Waals surface area contributed by atoms with Gasteiger partial charge in [0.05, 0.1) is 33.3 Å². The number of aromatic nitrogens is 4. The number of thiophene rings is 2. The second kappa shape index (κ2) is 20.1. The van der Waals surface area contributed by atoms with Crippen molar-refractivity contribution in [3.05, 3.63) is 55.0 Å². The van der Waals surface area contributed by atoms with E-state index in [1.54, 1.807) is 32.5 Å². The van der Waals surface area contributed by atoms with Crippen molar-refractivity contribution in [2.75, 3.05) is 13.1 Å². The van der Waals surface area contributed by atoms with Crippen LogP contribution < -0.4 is 0 Å². The Morgan fingerprint density at radius 2 is 1.03 bits per heavy atom. The number of fused-ring (bicyclic) bond motifs is 5. The van der Waals surface area contributed by atoms with E-state index in [-0.39, 0.29) is 11.8 Å².